The molecule has 0 saturated heterocycles. The van der Waals surface area contributed by atoms with Gasteiger partial charge in [-0.2, -0.15) is 5.26 Å². The van der Waals surface area contributed by atoms with Gasteiger partial charge in [-0.15, -0.1) is 0 Å². The number of hydrogen-bond acceptors (Lipinski definition) is 3. The average Bonchev–Trinajstić information content (AvgIpc) is 2.20. The first-order valence-electron chi connectivity index (χ1n) is 4.13. The predicted octanol–water partition coefficient (Wildman–Crippen LogP) is 1.45. The highest BCUT2D eigenvalue weighted by Gasteiger charge is 2.20. The molecule has 1 N–H and O–H groups in total. The quantitative estimate of drug-likeness (QED) is 0.578. The molecule has 0 spiro atoms. The summed E-state index contributed by atoms with van der Waals surface area (Å²) in [7, 11) is 0. The first kappa shape index (κ1) is 10.1. The molecule has 1 atom stereocenters. The van der Waals surface area contributed by atoms with Gasteiger partial charge in [0.05, 0.1) is 5.69 Å². The van der Waals surface area contributed by atoms with Crippen molar-refractivity contribution in [1.82, 2.24) is 0 Å². The molecule has 0 aliphatic rings. The van der Waals surface area contributed by atoms with Crippen LogP contribution in [0.4, 0.5) is 5.69 Å². The molecule has 1 aromatic carbocycles. The minimum absolute atomic E-state index is 0.588. The second kappa shape index (κ2) is 4.28. The van der Waals surface area contributed by atoms with E-state index in [1.807, 2.05) is 12.3 Å². The molecule has 4 nitrogen and oxygen atoms in total. The van der Waals surface area contributed by atoms with Crippen LogP contribution in [0.2, 0.25) is 0 Å². The van der Waals surface area contributed by atoms with E-state index in [2.05, 4.69) is 0 Å². The summed E-state index contributed by atoms with van der Waals surface area (Å²) in [4.78, 5) is 11.8. The van der Waals surface area contributed by atoms with Gasteiger partial charge in [0, 0.05) is 0 Å². The molecule has 0 unspecified atom stereocenters. The zero-order valence-corrected chi connectivity index (χ0v) is 7.71. The van der Waals surface area contributed by atoms with E-state index in [1.54, 1.807) is 24.3 Å². The molecular formula is C10H10N2O2. The van der Waals surface area contributed by atoms with Crippen molar-refractivity contribution in [1.29, 1.82) is 5.26 Å². The minimum Gasteiger partial charge on any atom is -0.480 e. The van der Waals surface area contributed by atoms with Gasteiger partial charge in [-0.1, -0.05) is 18.2 Å². The summed E-state index contributed by atoms with van der Waals surface area (Å²) in [5, 5.41) is 17.6. The van der Waals surface area contributed by atoms with Gasteiger partial charge < -0.3 is 5.11 Å². The van der Waals surface area contributed by atoms with E-state index in [4.69, 9.17) is 10.4 Å². The molecule has 0 aliphatic carbocycles. The van der Waals surface area contributed by atoms with E-state index in [9.17, 15) is 4.79 Å². The van der Waals surface area contributed by atoms with Crippen molar-refractivity contribution in [2.45, 2.75) is 13.0 Å². The Morgan fingerprint density at radius 3 is 2.50 bits per heavy atom. The molecule has 0 radical (unpaired) electrons. The van der Waals surface area contributed by atoms with Crippen LogP contribution in [-0.4, -0.2) is 17.1 Å². The molecular weight excluding hydrogens is 180 g/mol. The highest BCUT2D eigenvalue weighted by molar-refractivity contribution is 5.78. The number of benzene rings is 1. The Morgan fingerprint density at radius 2 is 2.07 bits per heavy atom. The molecule has 0 amide bonds. The number of nitriles is 1. The fourth-order valence-corrected chi connectivity index (χ4v) is 1.07. The van der Waals surface area contributed by atoms with Crippen LogP contribution in [0.15, 0.2) is 30.3 Å². The van der Waals surface area contributed by atoms with Crippen molar-refractivity contribution in [2.24, 2.45) is 0 Å². The van der Waals surface area contributed by atoms with Gasteiger partial charge in [0.2, 0.25) is 0 Å². The summed E-state index contributed by atoms with van der Waals surface area (Å²) in [5.41, 5.74) is 0.588. The first-order chi connectivity index (χ1) is 6.66. The average molecular weight is 190 g/mol. The number of carboxylic acid groups (broad SMARTS) is 1. The summed E-state index contributed by atoms with van der Waals surface area (Å²) >= 11 is 0. The van der Waals surface area contributed by atoms with Crippen molar-refractivity contribution in [3.63, 3.8) is 0 Å². The summed E-state index contributed by atoms with van der Waals surface area (Å²) in [5.74, 6) is -1.02. The van der Waals surface area contributed by atoms with Crippen LogP contribution in [0, 0.1) is 11.5 Å². The van der Waals surface area contributed by atoms with E-state index >= 15 is 0 Å². The predicted molar refractivity (Wildman–Crippen MR) is 51.6 cm³/mol. The first-order valence-corrected chi connectivity index (χ1v) is 4.13. The van der Waals surface area contributed by atoms with Gasteiger partial charge in [0.25, 0.3) is 0 Å². The van der Waals surface area contributed by atoms with Crippen LogP contribution >= 0.6 is 0 Å². The lowest BCUT2D eigenvalue weighted by atomic mass is 10.2. The minimum atomic E-state index is -1.02. The third-order valence-electron chi connectivity index (χ3n) is 1.89. The molecule has 1 aromatic rings. The standard InChI is InChI=1S/C10H10N2O2/c1-8(10(13)14)12(7-11)9-5-3-2-4-6-9/h2-6,8H,1H3,(H,13,14)/t8-/m0/s1. The fraction of sp³-hybridized carbons (Fsp3) is 0.200. The number of hydrogen-bond donors (Lipinski definition) is 1. The Bertz CT molecular complexity index is 356. The monoisotopic (exact) mass is 190 g/mol. The van der Waals surface area contributed by atoms with Crippen LogP contribution in [0.3, 0.4) is 0 Å². The van der Waals surface area contributed by atoms with Gasteiger partial charge in [0.15, 0.2) is 6.19 Å². The number of carboxylic acids is 1. The van der Waals surface area contributed by atoms with Gasteiger partial charge in [-0.25, -0.2) is 4.79 Å². The molecule has 72 valence electrons. The van der Waals surface area contributed by atoms with Crippen LogP contribution < -0.4 is 4.90 Å². The number of nitrogens with zero attached hydrogens (tertiary/aromatic N) is 2. The van der Waals surface area contributed by atoms with E-state index in [0.717, 1.165) is 4.90 Å². The Morgan fingerprint density at radius 1 is 1.50 bits per heavy atom. The lowest BCUT2D eigenvalue weighted by molar-refractivity contribution is -0.137. The van der Waals surface area contributed by atoms with E-state index in [0.29, 0.717) is 5.69 Å². The fourth-order valence-electron chi connectivity index (χ4n) is 1.07. The van der Waals surface area contributed by atoms with Crippen LogP contribution in [0.5, 0.6) is 0 Å². The van der Waals surface area contributed by atoms with Gasteiger partial charge in [-0.3, -0.25) is 4.90 Å². The Hall–Kier alpha value is -2.02. The number of aliphatic carboxylic acids is 1. The maximum Gasteiger partial charge on any atom is 0.327 e. The molecule has 0 saturated carbocycles. The van der Waals surface area contributed by atoms with Crippen molar-refractivity contribution >= 4 is 11.7 Å². The molecule has 0 aromatic heterocycles. The van der Waals surface area contributed by atoms with Crippen LogP contribution in [0.1, 0.15) is 6.92 Å². The normalized spacial score (nSPS) is 11.4. The maximum absolute atomic E-state index is 10.7. The number of rotatable bonds is 3. The third kappa shape index (κ3) is 2.02. The molecule has 14 heavy (non-hydrogen) atoms. The lowest BCUT2D eigenvalue weighted by Crippen LogP contribution is -2.35. The van der Waals surface area contributed by atoms with Gasteiger partial charge in [-0.05, 0) is 19.1 Å². The van der Waals surface area contributed by atoms with E-state index in [1.165, 1.54) is 6.92 Å². The highest BCUT2D eigenvalue weighted by atomic mass is 16.4. The second-order valence-corrected chi connectivity index (χ2v) is 2.82. The molecule has 0 bridgehead atoms. The Balaban J connectivity index is 2.95. The molecule has 0 aliphatic heterocycles. The van der Waals surface area contributed by atoms with Crippen molar-refractivity contribution < 1.29 is 9.90 Å². The van der Waals surface area contributed by atoms with Crippen LogP contribution in [-0.2, 0) is 4.79 Å². The zero-order valence-electron chi connectivity index (χ0n) is 7.71. The molecule has 1 rings (SSSR count). The number of para-hydroxylation sites is 1. The SMILES string of the molecule is C[C@@H](C(=O)O)N(C#N)c1ccccc1. The van der Waals surface area contributed by atoms with Gasteiger partial charge >= 0.3 is 5.97 Å². The largest absolute Gasteiger partial charge is 0.480 e. The highest BCUT2D eigenvalue weighted by Crippen LogP contribution is 2.15. The number of carbonyl (C=O) groups is 1. The summed E-state index contributed by atoms with van der Waals surface area (Å²) < 4.78 is 0. The number of anilines is 1. The van der Waals surface area contributed by atoms with Crippen LogP contribution in [0.25, 0.3) is 0 Å². The smallest absolute Gasteiger partial charge is 0.327 e. The molecule has 0 heterocycles. The topological polar surface area (TPSA) is 64.3 Å². The van der Waals surface area contributed by atoms with E-state index in [-0.39, 0.29) is 0 Å². The van der Waals surface area contributed by atoms with E-state index < -0.39 is 12.0 Å². The summed E-state index contributed by atoms with van der Waals surface area (Å²) in [6, 6.07) is 7.88. The second-order valence-electron chi connectivity index (χ2n) is 2.82. The maximum atomic E-state index is 10.7. The Labute approximate surface area is 82.0 Å². The molecule has 0 fully saturated rings. The summed E-state index contributed by atoms with van der Waals surface area (Å²) in [6.07, 6.45) is 1.85. The lowest BCUT2D eigenvalue weighted by Gasteiger charge is -2.19. The Kier molecular flexibility index (Phi) is 3.08. The van der Waals surface area contributed by atoms with Crippen molar-refractivity contribution in [3.05, 3.63) is 30.3 Å². The molecule has 4 heteroatoms. The van der Waals surface area contributed by atoms with Gasteiger partial charge in [0.1, 0.15) is 6.04 Å². The van der Waals surface area contributed by atoms with Crippen molar-refractivity contribution in [3.8, 4) is 6.19 Å². The summed E-state index contributed by atoms with van der Waals surface area (Å²) in [6.45, 7) is 1.47. The van der Waals surface area contributed by atoms with Crippen molar-refractivity contribution in [2.75, 3.05) is 4.90 Å². The zero-order chi connectivity index (χ0) is 10.6. The third-order valence-corrected chi connectivity index (χ3v) is 1.89.